The van der Waals surface area contributed by atoms with Gasteiger partial charge in [-0.1, -0.05) is 0 Å². The van der Waals surface area contributed by atoms with Crippen LogP contribution in [0.1, 0.15) is 17.5 Å². The highest BCUT2D eigenvalue weighted by Gasteiger charge is 2.36. The zero-order valence-corrected chi connectivity index (χ0v) is 17.1. The van der Waals surface area contributed by atoms with Crippen molar-refractivity contribution in [2.24, 2.45) is 0 Å². The van der Waals surface area contributed by atoms with Crippen LogP contribution in [0.25, 0.3) is 0 Å². The maximum atomic E-state index is 12.7. The van der Waals surface area contributed by atoms with Crippen molar-refractivity contribution in [1.82, 2.24) is 0 Å². The monoisotopic (exact) mass is 428 g/mol. The van der Waals surface area contributed by atoms with Crippen LogP contribution >= 0.6 is 11.8 Å². The highest BCUT2D eigenvalue weighted by atomic mass is 32.2. The molecule has 0 N–H and O–H groups in total. The molecular weight excluding hydrogens is 405 g/mol. The van der Waals surface area contributed by atoms with E-state index in [0.29, 0.717) is 24.7 Å². The van der Waals surface area contributed by atoms with Crippen molar-refractivity contribution < 1.29 is 32.1 Å². The van der Waals surface area contributed by atoms with Gasteiger partial charge in [-0.2, -0.15) is 13.2 Å². The first-order valence-electron chi connectivity index (χ1n) is 9.17. The smallest absolute Gasteiger partial charge is 0.416 e. The fourth-order valence-electron chi connectivity index (χ4n) is 2.89. The number of halogens is 3. The van der Waals surface area contributed by atoms with E-state index in [2.05, 4.69) is 0 Å². The number of hydrogen-bond acceptors (Lipinski definition) is 5. The lowest BCUT2D eigenvalue weighted by molar-refractivity contribution is -0.263. The molecule has 8 heteroatoms. The van der Waals surface area contributed by atoms with E-state index in [9.17, 15) is 13.2 Å². The summed E-state index contributed by atoms with van der Waals surface area (Å²) in [5.41, 5.74) is 0.313. The second-order valence-corrected chi connectivity index (χ2v) is 7.74. The quantitative estimate of drug-likeness (QED) is 0.558. The van der Waals surface area contributed by atoms with Gasteiger partial charge >= 0.3 is 6.18 Å². The van der Waals surface area contributed by atoms with Gasteiger partial charge < -0.3 is 18.9 Å². The van der Waals surface area contributed by atoms with Gasteiger partial charge in [0.05, 0.1) is 31.6 Å². The first-order chi connectivity index (χ1) is 13.8. The van der Waals surface area contributed by atoms with E-state index in [1.54, 1.807) is 18.9 Å². The van der Waals surface area contributed by atoms with Gasteiger partial charge in [-0.15, -0.1) is 11.8 Å². The van der Waals surface area contributed by atoms with Gasteiger partial charge in [-0.3, -0.25) is 0 Å². The zero-order valence-electron chi connectivity index (χ0n) is 16.3. The number of methoxy groups -OCH3 is 1. The highest BCUT2D eigenvalue weighted by molar-refractivity contribution is 7.99. The summed E-state index contributed by atoms with van der Waals surface area (Å²) in [7, 11) is 1.63. The Bertz CT molecular complexity index is 803. The molecule has 1 aliphatic rings. The minimum absolute atomic E-state index is 0.0838. The molecule has 0 unspecified atom stereocenters. The molecule has 4 nitrogen and oxygen atoms in total. The maximum absolute atomic E-state index is 12.7. The molecule has 1 aliphatic heterocycles. The second kappa shape index (κ2) is 9.28. The third-order valence-electron chi connectivity index (χ3n) is 4.48. The normalized spacial score (nSPS) is 16.4. The third-order valence-corrected chi connectivity index (χ3v) is 5.66. The fraction of sp³-hybridized carbons (Fsp3) is 0.429. The van der Waals surface area contributed by atoms with Crippen LogP contribution in [-0.2, 0) is 15.7 Å². The van der Waals surface area contributed by atoms with Crippen LogP contribution in [0.4, 0.5) is 13.2 Å². The molecule has 1 fully saturated rings. The van der Waals surface area contributed by atoms with Crippen molar-refractivity contribution in [3.63, 3.8) is 0 Å². The second-order valence-electron chi connectivity index (χ2n) is 6.69. The van der Waals surface area contributed by atoms with Gasteiger partial charge in [0.1, 0.15) is 18.1 Å². The van der Waals surface area contributed by atoms with Crippen molar-refractivity contribution in [3.8, 4) is 11.5 Å². The number of thioether (sulfide) groups is 1. The molecule has 1 saturated heterocycles. The van der Waals surface area contributed by atoms with E-state index in [1.165, 1.54) is 12.1 Å². The van der Waals surface area contributed by atoms with Crippen LogP contribution in [0, 0.1) is 6.92 Å². The summed E-state index contributed by atoms with van der Waals surface area (Å²) in [6, 6.07) is 10.5. The average Bonchev–Trinajstić information content (AvgIpc) is 2.71. The number of ether oxygens (including phenoxy) is 4. The molecule has 0 amide bonds. The molecule has 0 aromatic heterocycles. The molecule has 3 rings (SSSR count). The summed E-state index contributed by atoms with van der Waals surface area (Å²) in [4.78, 5) is 1.04. The summed E-state index contributed by atoms with van der Waals surface area (Å²) < 4.78 is 60.9. The van der Waals surface area contributed by atoms with Crippen LogP contribution in [-0.4, -0.2) is 38.5 Å². The standard InChI is InChI=1S/C21H23F3O4S/c1-15-12-18(8-9-19(15)25-2)29-14-20(27-10-3-11-28-20)13-26-17-6-4-16(5-7-17)21(22,23)24/h4-9,12H,3,10-11,13-14H2,1-2H3. The van der Waals surface area contributed by atoms with E-state index < -0.39 is 17.5 Å². The molecule has 2 aromatic carbocycles. The van der Waals surface area contributed by atoms with E-state index in [4.69, 9.17) is 18.9 Å². The average molecular weight is 428 g/mol. The molecule has 0 aliphatic carbocycles. The van der Waals surface area contributed by atoms with Gasteiger partial charge in [0.15, 0.2) is 0 Å². The SMILES string of the molecule is COc1ccc(SCC2(COc3ccc(C(F)(F)F)cc3)OCCCO2)cc1C. The van der Waals surface area contributed by atoms with Gasteiger partial charge in [0.2, 0.25) is 5.79 Å². The molecule has 1 heterocycles. The van der Waals surface area contributed by atoms with Crippen LogP contribution in [0.3, 0.4) is 0 Å². The van der Waals surface area contributed by atoms with E-state index >= 15 is 0 Å². The van der Waals surface area contributed by atoms with Crippen LogP contribution in [0.2, 0.25) is 0 Å². The lowest BCUT2D eigenvalue weighted by atomic mass is 10.2. The van der Waals surface area contributed by atoms with Crippen molar-refractivity contribution >= 4 is 11.8 Å². The van der Waals surface area contributed by atoms with E-state index in [-0.39, 0.29) is 6.61 Å². The minimum atomic E-state index is -4.37. The van der Waals surface area contributed by atoms with Crippen LogP contribution < -0.4 is 9.47 Å². The van der Waals surface area contributed by atoms with Crippen LogP contribution in [0.5, 0.6) is 11.5 Å². The van der Waals surface area contributed by atoms with Crippen molar-refractivity contribution in [2.75, 3.05) is 32.7 Å². The molecule has 0 radical (unpaired) electrons. The number of benzene rings is 2. The van der Waals surface area contributed by atoms with Crippen molar-refractivity contribution in [2.45, 2.75) is 30.2 Å². The van der Waals surface area contributed by atoms with Gasteiger partial charge in [-0.25, -0.2) is 0 Å². The molecule has 158 valence electrons. The minimum Gasteiger partial charge on any atom is -0.496 e. The molecule has 2 aromatic rings. The highest BCUT2D eigenvalue weighted by Crippen LogP contribution is 2.33. The predicted molar refractivity (Wildman–Crippen MR) is 105 cm³/mol. The topological polar surface area (TPSA) is 36.9 Å². The Hall–Kier alpha value is -1.90. The summed E-state index contributed by atoms with van der Waals surface area (Å²) in [5.74, 6) is 0.680. The Balaban J connectivity index is 1.64. The first-order valence-corrected chi connectivity index (χ1v) is 10.2. The number of alkyl halides is 3. The molecule has 0 saturated carbocycles. The van der Waals surface area contributed by atoms with Crippen LogP contribution in [0.15, 0.2) is 47.4 Å². The molecular formula is C21H23F3O4S. The molecule has 0 spiro atoms. The fourth-order valence-corrected chi connectivity index (χ4v) is 3.95. The number of rotatable bonds is 7. The Morgan fingerprint density at radius 3 is 2.34 bits per heavy atom. The lowest BCUT2D eigenvalue weighted by Crippen LogP contribution is -2.48. The van der Waals surface area contributed by atoms with E-state index in [0.717, 1.165) is 34.8 Å². The Morgan fingerprint density at radius 2 is 1.76 bits per heavy atom. The Morgan fingerprint density at radius 1 is 1.07 bits per heavy atom. The van der Waals surface area contributed by atoms with Gasteiger partial charge in [0, 0.05) is 4.90 Å². The number of aryl methyl sites for hydroxylation is 1. The summed E-state index contributed by atoms with van der Waals surface area (Å²) in [6.07, 6.45) is -3.59. The summed E-state index contributed by atoms with van der Waals surface area (Å²) in [6.45, 7) is 3.14. The Labute approximate surface area is 172 Å². The molecule has 0 atom stereocenters. The Kier molecular flexibility index (Phi) is 6.97. The molecule has 0 bridgehead atoms. The molecule has 29 heavy (non-hydrogen) atoms. The number of hydrogen-bond donors (Lipinski definition) is 0. The third kappa shape index (κ3) is 5.81. The first kappa shape index (κ1) is 21.8. The van der Waals surface area contributed by atoms with Gasteiger partial charge in [-0.05, 0) is 61.4 Å². The summed E-state index contributed by atoms with van der Waals surface area (Å²) >= 11 is 1.57. The predicted octanol–water partition coefficient (Wildman–Crippen LogP) is 5.33. The lowest BCUT2D eigenvalue weighted by Gasteiger charge is -2.36. The van der Waals surface area contributed by atoms with E-state index in [1.807, 2.05) is 25.1 Å². The van der Waals surface area contributed by atoms with Crippen molar-refractivity contribution in [3.05, 3.63) is 53.6 Å². The zero-order chi connectivity index (χ0) is 20.9. The van der Waals surface area contributed by atoms with Gasteiger partial charge in [0.25, 0.3) is 0 Å². The largest absolute Gasteiger partial charge is 0.496 e. The maximum Gasteiger partial charge on any atom is 0.416 e. The summed E-state index contributed by atoms with van der Waals surface area (Å²) in [5, 5.41) is 0. The van der Waals surface area contributed by atoms with Crippen molar-refractivity contribution in [1.29, 1.82) is 0 Å².